The van der Waals surface area contributed by atoms with Crippen LogP contribution in [0.4, 0.5) is 5.69 Å². The molecule has 2 aromatic rings. The van der Waals surface area contributed by atoms with Crippen LogP contribution in [0.1, 0.15) is 15.9 Å². The molecule has 9 heteroatoms. The highest BCUT2D eigenvalue weighted by Gasteiger charge is 2.24. The number of ether oxygens (including phenoxy) is 1. The van der Waals surface area contributed by atoms with E-state index in [1.807, 2.05) is 35.2 Å². The number of amides is 3. The summed E-state index contributed by atoms with van der Waals surface area (Å²) in [5.74, 6) is -0.254. The molecule has 3 amide bonds. The smallest absolute Gasteiger partial charge is 0.253 e. The van der Waals surface area contributed by atoms with E-state index in [0.29, 0.717) is 63.7 Å². The summed E-state index contributed by atoms with van der Waals surface area (Å²) >= 11 is 0. The van der Waals surface area contributed by atoms with E-state index in [2.05, 4.69) is 20.4 Å². The summed E-state index contributed by atoms with van der Waals surface area (Å²) in [5, 5.41) is 5.81. The summed E-state index contributed by atoms with van der Waals surface area (Å²) in [5.41, 5.74) is 1.94. The minimum Gasteiger partial charge on any atom is -0.378 e. The average Bonchev–Trinajstić information content (AvgIpc) is 2.90. The zero-order valence-electron chi connectivity index (χ0n) is 19.9. The summed E-state index contributed by atoms with van der Waals surface area (Å²) < 4.78 is 5.31. The Morgan fingerprint density at radius 3 is 2.11 bits per heavy atom. The van der Waals surface area contributed by atoms with Crippen molar-refractivity contribution in [3.63, 3.8) is 0 Å². The van der Waals surface area contributed by atoms with E-state index in [9.17, 15) is 14.4 Å². The summed E-state index contributed by atoms with van der Waals surface area (Å²) in [6.45, 7) is 6.49. The van der Waals surface area contributed by atoms with Crippen molar-refractivity contribution in [1.82, 2.24) is 20.0 Å². The Morgan fingerprint density at radius 2 is 1.40 bits per heavy atom. The first-order chi connectivity index (χ1) is 17.1. The molecule has 0 aromatic heterocycles. The lowest BCUT2D eigenvalue weighted by atomic mass is 10.1. The standard InChI is InChI=1S/C26H33N5O4/c32-24(19-29-10-12-30(13-11-29)20-25(33)31-14-16-35-17-15-31)28-23-9-5-4-8-22(23)26(34)27-18-21-6-2-1-3-7-21/h1-9H,10-20H2,(H,27,34)(H,28,32). The van der Waals surface area contributed by atoms with Gasteiger partial charge in [-0.05, 0) is 17.7 Å². The molecule has 2 fully saturated rings. The van der Waals surface area contributed by atoms with Gasteiger partial charge in [-0.1, -0.05) is 42.5 Å². The first kappa shape index (κ1) is 24.8. The van der Waals surface area contributed by atoms with E-state index in [4.69, 9.17) is 4.74 Å². The maximum Gasteiger partial charge on any atom is 0.253 e. The summed E-state index contributed by atoms with van der Waals surface area (Å²) in [4.78, 5) is 44.0. The van der Waals surface area contributed by atoms with E-state index in [0.717, 1.165) is 18.7 Å². The normalized spacial score (nSPS) is 17.1. The molecule has 0 unspecified atom stereocenters. The van der Waals surface area contributed by atoms with Gasteiger partial charge in [0.1, 0.15) is 0 Å². The molecule has 2 aromatic carbocycles. The largest absolute Gasteiger partial charge is 0.378 e. The van der Waals surface area contributed by atoms with Gasteiger partial charge in [-0.2, -0.15) is 0 Å². The summed E-state index contributed by atoms with van der Waals surface area (Å²) in [6.07, 6.45) is 0. The third-order valence-electron chi connectivity index (χ3n) is 6.30. The van der Waals surface area contributed by atoms with Gasteiger partial charge in [0.2, 0.25) is 11.8 Å². The number of anilines is 1. The van der Waals surface area contributed by atoms with E-state index in [-0.39, 0.29) is 24.3 Å². The van der Waals surface area contributed by atoms with Crippen LogP contribution in [-0.4, -0.2) is 98.0 Å². The SMILES string of the molecule is O=C(CN1CCN(CC(=O)N2CCOCC2)CC1)Nc1ccccc1C(=O)NCc1ccccc1. The molecule has 0 spiro atoms. The third-order valence-corrected chi connectivity index (χ3v) is 6.30. The monoisotopic (exact) mass is 479 g/mol. The van der Waals surface area contributed by atoms with Crippen LogP contribution >= 0.6 is 0 Å². The number of benzene rings is 2. The van der Waals surface area contributed by atoms with Crippen molar-refractivity contribution in [1.29, 1.82) is 0 Å². The van der Waals surface area contributed by atoms with Crippen molar-refractivity contribution >= 4 is 23.4 Å². The van der Waals surface area contributed by atoms with Crippen LogP contribution in [0.2, 0.25) is 0 Å². The number of para-hydroxylation sites is 1. The molecule has 0 saturated carbocycles. The zero-order valence-corrected chi connectivity index (χ0v) is 19.9. The Kier molecular flexibility index (Phi) is 8.83. The van der Waals surface area contributed by atoms with Crippen LogP contribution < -0.4 is 10.6 Å². The van der Waals surface area contributed by atoms with Gasteiger partial charge in [0.15, 0.2) is 0 Å². The lowest BCUT2D eigenvalue weighted by Crippen LogP contribution is -2.52. The van der Waals surface area contributed by atoms with Crippen LogP contribution in [0.15, 0.2) is 54.6 Å². The van der Waals surface area contributed by atoms with Gasteiger partial charge in [-0.25, -0.2) is 0 Å². The lowest BCUT2D eigenvalue weighted by Gasteiger charge is -2.35. The molecule has 4 rings (SSSR count). The van der Waals surface area contributed by atoms with Gasteiger partial charge in [0.25, 0.3) is 5.91 Å². The second-order valence-corrected chi connectivity index (χ2v) is 8.81. The van der Waals surface area contributed by atoms with Crippen molar-refractivity contribution in [2.45, 2.75) is 6.54 Å². The maximum atomic E-state index is 12.7. The van der Waals surface area contributed by atoms with Crippen molar-refractivity contribution in [2.75, 3.05) is 70.9 Å². The Hall–Kier alpha value is -3.27. The second-order valence-electron chi connectivity index (χ2n) is 8.81. The first-order valence-corrected chi connectivity index (χ1v) is 12.1. The number of morpholine rings is 1. The molecule has 9 nitrogen and oxygen atoms in total. The Balaban J connectivity index is 1.22. The first-order valence-electron chi connectivity index (χ1n) is 12.1. The van der Waals surface area contributed by atoms with Gasteiger partial charge in [-0.15, -0.1) is 0 Å². The van der Waals surface area contributed by atoms with Crippen molar-refractivity contribution in [3.05, 3.63) is 65.7 Å². The average molecular weight is 480 g/mol. The van der Waals surface area contributed by atoms with Gasteiger partial charge in [-0.3, -0.25) is 24.2 Å². The van der Waals surface area contributed by atoms with Crippen LogP contribution in [0, 0.1) is 0 Å². The van der Waals surface area contributed by atoms with E-state index >= 15 is 0 Å². The molecule has 0 radical (unpaired) electrons. The number of nitrogens with one attached hydrogen (secondary N) is 2. The predicted octanol–water partition coefficient (Wildman–Crippen LogP) is 1.03. The van der Waals surface area contributed by atoms with Gasteiger partial charge < -0.3 is 20.3 Å². The second kappa shape index (κ2) is 12.4. The maximum absolute atomic E-state index is 12.7. The molecule has 0 atom stereocenters. The number of carbonyl (C=O) groups is 3. The quantitative estimate of drug-likeness (QED) is 0.588. The minimum absolute atomic E-state index is 0.140. The van der Waals surface area contributed by atoms with Crippen molar-refractivity contribution in [2.24, 2.45) is 0 Å². The number of nitrogens with zero attached hydrogens (tertiary/aromatic N) is 3. The predicted molar refractivity (Wildman–Crippen MR) is 133 cm³/mol. The molecule has 2 heterocycles. The molecular weight excluding hydrogens is 446 g/mol. The number of rotatable bonds is 8. The van der Waals surface area contributed by atoms with Gasteiger partial charge >= 0.3 is 0 Å². The fraction of sp³-hybridized carbons (Fsp3) is 0.423. The number of hydrogen-bond donors (Lipinski definition) is 2. The Bertz CT molecular complexity index is 1000. The van der Waals surface area contributed by atoms with Crippen molar-refractivity contribution in [3.8, 4) is 0 Å². The zero-order chi connectivity index (χ0) is 24.5. The molecule has 2 aliphatic heterocycles. The topological polar surface area (TPSA) is 94.2 Å². The van der Waals surface area contributed by atoms with Crippen LogP contribution in [-0.2, 0) is 20.9 Å². The van der Waals surface area contributed by atoms with E-state index in [1.165, 1.54) is 0 Å². The highest BCUT2D eigenvalue weighted by Crippen LogP contribution is 2.15. The van der Waals surface area contributed by atoms with Crippen LogP contribution in [0.25, 0.3) is 0 Å². The van der Waals surface area contributed by atoms with Crippen molar-refractivity contribution < 1.29 is 19.1 Å². The van der Waals surface area contributed by atoms with E-state index in [1.54, 1.807) is 24.3 Å². The highest BCUT2D eigenvalue weighted by molar-refractivity contribution is 6.04. The Morgan fingerprint density at radius 1 is 0.771 bits per heavy atom. The molecule has 186 valence electrons. The Labute approximate surface area is 206 Å². The third kappa shape index (κ3) is 7.35. The van der Waals surface area contributed by atoms with Gasteiger partial charge in [0.05, 0.1) is 37.6 Å². The molecule has 35 heavy (non-hydrogen) atoms. The molecule has 2 saturated heterocycles. The number of carbonyl (C=O) groups excluding carboxylic acids is 3. The number of piperazine rings is 1. The summed E-state index contributed by atoms with van der Waals surface area (Å²) in [7, 11) is 0. The fourth-order valence-corrected chi connectivity index (χ4v) is 4.27. The lowest BCUT2D eigenvalue weighted by molar-refractivity contribution is -0.137. The van der Waals surface area contributed by atoms with Gasteiger partial charge in [0, 0.05) is 45.8 Å². The summed E-state index contributed by atoms with van der Waals surface area (Å²) in [6, 6.07) is 16.7. The number of hydrogen-bond acceptors (Lipinski definition) is 6. The minimum atomic E-state index is -0.233. The van der Waals surface area contributed by atoms with Crippen LogP contribution in [0.5, 0.6) is 0 Å². The van der Waals surface area contributed by atoms with Crippen LogP contribution in [0.3, 0.4) is 0 Å². The molecule has 2 N–H and O–H groups in total. The fourth-order valence-electron chi connectivity index (χ4n) is 4.27. The molecule has 0 aliphatic carbocycles. The molecule has 2 aliphatic rings. The molecule has 0 bridgehead atoms. The van der Waals surface area contributed by atoms with E-state index < -0.39 is 0 Å². The highest BCUT2D eigenvalue weighted by atomic mass is 16.5. The molecular formula is C26H33N5O4.